The van der Waals surface area contributed by atoms with Crippen LogP contribution in [0.3, 0.4) is 0 Å². The predicted molar refractivity (Wildman–Crippen MR) is 69.1 cm³/mol. The van der Waals surface area contributed by atoms with Gasteiger partial charge < -0.3 is 4.57 Å². The molecule has 2 rings (SSSR count). The maximum absolute atomic E-state index is 10.3. The highest BCUT2D eigenvalue weighted by molar-refractivity contribution is 5.54. The monoisotopic (exact) mass is 243 g/mol. The van der Waals surface area contributed by atoms with Crippen LogP contribution in [-0.4, -0.2) is 14.5 Å². The molecule has 92 valence electrons. The summed E-state index contributed by atoms with van der Waals surface area (Å²) in [6.07, 6.45) is 4.17. The first-order valence-electron chi connectivity index (χ1n) is 5.51. The van der Waals surface area contributed by atoms with Gasteiger partial charge in [0.15, 0.2) is 0 Å². The minimum atomic E-state index is -0.465. The molecule has 0 saturated heterocycles. The van der Waals surface area contributed by atoms with Crippen molar-refractivity contribution in [1.29, 1.82) is 0 Å². The van der Waals surface area contributed by atoms with Crippen LogP contribution >= 0.6 is 0 Å². The highest BCUT2D eigenvalue weighted by Crippen LogP contribution is 2.20. The van der Waals surface area contributed by atoms with Crippen molar-refractivity contribution in [2.45, 2.75) is 13.8 Å². The van der Waals surface area contributed by atoms with Crippen LogP contribution in [0.2, 0.25) is 0 Å². The van der Waals surface area contributed by atoms with E-state index >= 15 is 0 Å². The number of nitrogens with zero attached hydrogens (tertiary/aromatic N) is 3. The first-order chi connectivity index (χ1) is 8.59. The molecule has 0 aliphatic rings. The van der Waals surface area contributed by atoms with Gasteiger partial charge in [-0.05, 0) is 32.0 Å². The molecule has 0 aliphatic carbocycles. The van der Waals surface area contributed by atoms with Gasteiger partial charge in [-0.25, -0.2) is 4.98 Å². The minimum absolute atomic E-state index is 0.465. The van der Waals surface area contributed by atoms with Gasteiger partial charge in [-0.1, -0.05) is 6.07 Å². The zero-order valence-corrected chi connectivity index (χ0v) is 10.2. The van der Waals surface area contributed by atoms with Crippen molar-refractivity contribution >= 4 is 6.08 Å². The van der Waals surface area contributed by atoms with E-state index in [0.717, 1.165) is 29.0 Å². The summed E-state index contributed by atoms with van der Waals surface area (Å²) in [7, 11) is 0. The van der Waals surface area contributed by atoms with Crippen molar-refractivity contribution in [3.8, 4) is 5.82 Å². The Labute approximate surface area is 105 Å². The Morgan fingerprint density at radius 2 is 2.17 bits per heavy atom. The zero-order chi connectivity index (χ0) is 13.1. The van der Waals surface area contributed by atoms with Crippen molar-refractivity contribution in [3.05, 3.63) is 63.7 Å². The minimum Gasteiger partial charge on any atom is -0.303 e. The topological polar surface area (TPSA) is 61.0 Å². The second kappa shape index (κ2) is 4.83. The predicted octanol–water partition coefficient (Wildman–Crippen LogP) is 2.74. The van der Waals surface area contributed by atoms with Gasteiger partial charge in [0, 0.05) is 29.2 Å². The smallest absolute Gasteiger partial charge is 0.235 e. The second-order valence-electron chi connectivity index (χ2n) is 3.95. The van der Waals surface area contributed by atoms with Crippen molar-refractivity contribution in [2.75, 3.05) is 0 Å². The summed E-state index contributed by atoms with van der Waals surface area (Å²) in [6, 6.07) is 7.57. The third kappa shape index (κ3) is 2.29. The Kier molecular flexibility index (Phi) is 3.23. The Balaban J connectivity index is 2.48. The molecule has 5 nitrogen and oxygen atoms in total. The summed E-state index contributed by atoms with van der Waals surface area (Å²) in [5.41, 5.74) is 2.76. The molecular formula is C13H13N3O2. The summed E-state index contributed by atoms with van der Waals surface area (Å²) in [5, 5.41) is 10.3. The van der Waals surface area contributed by atoms with E-state index < -0.39 is 4.92 Å². The van der Waals surface area contributed by atoms with Gasteiger partial charge in [0.1, 0.15) is 5.82 Å². The average molecular weight is 243 g/mol. The maximum Gasteiger partial charge on any atom is 0.235 e. The van der Waals surface area contributed by atoms with Gasteiger partial charge in [-0.2, -0.15) is 0 Å². The molecule has 0 bridgehead atoms. The molecule has 0 aromatic carbocycles. The number of rotatable bonds is 3. The van der Waals surface area contributed by atoms with Gasteiger partial charge in [0.2, 0.25) is 6.20 Å². The van der Waals surface area contributed by atoms with Crippen molar-refractivity contribution in [2.24, 2.45) is 0 Å². The van der Waals surface area contributed by atoms with E-state index in [-0.39, 0.29) is 0 Å². The fourth-order valence-corrected chi connectivity index (χ4v) is 1.94. The number of nitro groups is 1. The lowest BCUT2D eigenvalue weighted by Crippen LogP contribution is -2.01. The summed E-state index contributed by atoms with van der Waals surface area (Å²) >= 11 is 0. The molecule has 2 aromatic rings. The van der Waals surface area contributed by atoms with E-state index in [9.17, 15) is 10.1 Å². The molecule has 0 aliphatic heterocycles. The number of aryl methyl sites for hydroxylation is 1. The largest absolute Gasteiger partial charge is 0.303 e. The standard InChI is InChI=1S/C13H13N3O2/c1-10-9-12(6-8-15(17)18)11(2)16(10)13-5-3-4-7-14-13/h3-9H,1-2H3/b8-6-. The van der Waals surface area contributed by atoms with Gasteiger partial charge in [-0.3, -0.25) is 10.1 Å². The summed E-state index contributed by atoms with van der Waals surface area (Å²) in [4.78, 5) is 14.2. The first-order valence-corrected chi connectivity index (χ1v) is 5.51. The summed E-state index contributed by atoms with van der Waals surface area (Å²) < 4.78 is 1.97. The molecular weight excluding hydrogens is 230 g/mol. The lowest BCUT2D eigenvalue weighted by atomic mass is 10.2. The van der Waals surface area contributed by atoms with E-state index in [4.69, 9.17) is 0 Å². The van der Waals surface area contributed by atoms with Crippen LogP contribution in [0.25, 0.3) is 11.9 Å². The van der Waals surface area contributed by atoms with Crippen LogP contribution in [0.5, 0.6) is 0 Å². The van der Waals surface area contributed by atoms with E-state index in [2.05, 4.69) is 4.98 Å². The lowest BCUT2D eigenvalue weighted by molar-refractivity contribution is -0.400. The molecule has 5 heteroatoms. The average Bonchev–Trinajstić information content (AvgIpc) is 2.63. The van der Waals surface area contributed by atoms with E-state index in [1.54, 1.807) is 6.20 Å². The van der Waals surface area contributed by atoms with Crippen molar-refractivity contribution in [1.82, 2.24) is 9.55 Å². The Morgan fingerprint density at radius 1 is 1.39 bits per heavy atom. The Bertz CT molecular complexity index is 600. The second-order valence-corrected chi connectivity index (χ2v) is 3.95. The van der Waals surface area contributed by atoms with Gasteiger partial charge in [0.05, 0.1) is 4.92 Å². The third-order valence-electron chi connectivity index (χ3n) is 2.72. The van der Waals surface area contributed by atoms with Crippen molar-refractivity contribution < 1.29 is 4.92 Å². The number of pyridine rings is 1. The zero-order valence-electron chi connectivity index (χ0n) is 10.2. The molecule has 0 radical (unpaired) electrons. The third-order valence-corrected chi connectivity index (χ3v) is 2.72. The number of hydrogen-bond donors (Lipinski definition) is 0. The molecule has 0 N–H and O–H groups in total. The normalized spacial score (nSPS) is 11.0. The molecule has 0 fully saturated rings. The van der Waals surface area contributed by atoms with E-state index in [1.165, 1.54) is 6.08 Å². The highest BCUT2D eigenvalue weighted by atomic mass is 16.6. The molecule has 2 heterocycles. The first kappa shape index (κ1) is 12.0. The molecule has 18 heavy (non-hydrogen) atoms. The summed E-state index contributed by atoms with van der Waals surface area (Å²) in [5.74, 6) is 0.813. The van der Waals surface area contributed by atoms with Crippen molar-refractivity contribution in [3.63, 3.8) is 0 Å². The molecule has 0 unspecified atom stereocenters. The van der Waals surface area contributed by atoms with E-state index in [1.807, 2.05) is 42.7 Å². The maximum atomic E-state index is 10.3. The molecule has 0 atom stereocenters. The molecule has 2 aromatic heterocycles. The van der Waals surface area contributed by atoms with Gasteiger partial charge in [0.25, 0.3) is 0 Å². The van der Waals surface area contributed by atoms with Crippen LogP contribution in [0, 0.1) is 24.0 Å². The number of hydrogen-bond acceptors (Lipinski definition) is 3. The Hall–Kier alpha value is -2.43. The van der Waals surface area contributed by atoms with Gasteiger partial charge in [-0.15, -0.1) is 0 Å². The number of aromatic nitrogens is 2. The lowest BCUT2D eigenvalue weighted by Gasteiger charge is -2.07. The molecule has 0 amide bonds. The molecule has 0 spiro atoms. The fraction of sp³-hybridized carbons (Fsp3) is 0.154. The van der Waals surface area contributed by atoms with E-state index in [0.29, 0.717) is 0 Å². The quantitative estimate of drug-likeness (QED) is 0.615. The van der Waals surface area contributed by atoms with Crippen LogP contribution in [0.4, 0.5) is 0 Å². The van der Waals surface area contributed by atoms with Crippen LogP contribution < -0.4 is 0 Å². The molecule has 0 saturated carbocycles. The van der Waals surface area contributed by atoms with Crippen LogP contribution in [-0.2, 0) is 0 Å². The van der Waals surface area contributed by atoms with Crippen LogP contribution in [0.1, 0.15) is 17.0 Å². The Morgan fingerprint density at radius 3 is 2.78 bits per heavy atom. The van der Waals surface area contributed by atoms with Gasteiger partial charge >= 0.3 is 0 Å². The summed E-state index contributed by atoms with van der Waals surface area (Å²) in [6.45, 7) is 3.87. The SMILES string of the molecule is Cc1cc(/C=C\[N+](=O)[O-])c(C)n1-c1ccccn1. The fourth-order valence-electron chi connectivity index (χ4n) is 1.94. The highest BCUT2D eigenvalue weighted by Gasteiger charge is 2.09. The van der Waals surface area contributed by atoms with Crippen LogP contribution in [0.15, 0.2) is 36.7 Å².